The first kappa shape index (κ1) is 12.6. The highest BCUT2D eigenvalue weighted by Gasteiger charge is 2.24. The molecule has 2 unspecified atom stereocenters. The van der Waals surface area contributed by atoms with Gasteiger partial charge < -0.3 is 15.0 Å². The van der Waals surface area contributed by atoms with Crippen molar-refractivity contribution in [3.63, 3.8) is 0 Å². The second-order valence-electron chi connectivity index (χ2n) is 5.45. The third-order valence-electron chi connectivity index (χ3n) is 4.08. The van der Waals surface area contributed by atoms with Crippen LogP contribution in [-0.4, -0.2) is 28.9 Å². The van der Waals surface area contributed by atoms with Crippen molar-refractivity contribution in [2.75, 3.05) is 13.1 Å². The van der Waals surface area contributed by atoms with Gasteiger partial charge in [-0.2, -0.15) is 0 Å². The third-order valence-corrected chi connectivity index (χ3v) is 4.08. The molecule has 0 bridgehead atoms. The summed E-state index contributed by atoms with van der Waals surface area (Å²) in [5.74, 6) is 0.0315. The number of aryl methyl sites for hydroxylation is 1. The van der Waals surface area contributed by atoms with Gasteiger partial charge in [0, 0.05) is 31.1 Å². The molecule has 0 spiro atoms. The number of halogens is 1. The molecule has 1 aromatic carbocycles. The van der Waals surface area contributed by atoms with Crippen LogP contribution in [0.2, 0.25) is 0 Å². The van der Waals surface area contributed by atoms with Gasteiger partial charge in [-0.1, -0.05) is 0 Å². The lowest BCUT2D eigenvalue weighted by molar-refractivity contribution is 0.0793. The number of hydrogen-bond acceptors (Lipinski definition) is 2. The normalized spacial score (nSPS) is 23.9. The van der Waals surface area contributed by atoms with Gasteiger partial charge in [0.15, 0.2) is 0 Å². The number of benzene rings is 1. The van der Waals surface area contributed by atoms with Crippen LogP contribution in [0.4, 0.5) is 4.39 Å². The summed E-state index contributed by atoms with van der Waals surface area (Å²) in [5.41, 5.74) is 2.10. The smallest absolute Gasteiger partial charge is 0.125 e. The molecule has 1 aliphatic heterocycles. The highest BCUT2D eigenvalue weighted by atomic mass is 19.1. The molecule has 1 aliphatic rings. The molecule has 0 saturated carbocycles. The molecule has 2 aromatic rings. The fourth-order valence-corrected chi connectivity index (χ4v) is 3.00. The number of nitrogens with zero attached hydrogens (tertiary/aromatic N) is 1. The van der Waals surface area contributed by atoms with Crippen LogP contribution < -0.4 is 5.32 Å². The van der Waals surface area contributed by atoms with E-state index >= 15 is 0 Å². The molecular formula is C15H19FN2O. The Morgan fingerprint density at radius 2 is 2.32 bits per heavy atom. The number of fused-ring (bicyclic) bond motifs is 1. The van der Waals surface area contributed by atoms with E-state index in [4.69, 9.17) is 0 Å². The van der Waals surface area contributed by atoms with Gasteiger partial charge in [0.05, 0.1) is 11.6 Å². The van der Waals surface area contributed by atoms with Crippen molar-refractivity contribution >= 4 is 10.9 Å². The molecule has 3 rings (SSSR count). The number of aromatic nitrogens is 1. The van der Waals surface area contributed by atoms with Gasteiger partial charge in [-0.3, -0.25) is 0 Å². The van der Waals surface area contributed by atoms with Crippen LogP contribution in [0.1, 0.15) is 12.0 Å². The predicted molar refractivity (Wildman–Crippen MR) is 73.6 cm³/mol. The number of piperidine rings is 1. The largest absolute Gasteiger partial charge is 0.393 e. The summed E-state index contributed by atoms with van der Waals surface area (Å²) >= 11 is 0. The minimum atomic E-state index is -0.239. The zero-order chi connectivity index (χ0) is 13.4. The van der Waals surface area contributed by atoms with Crippen molar-refractivity contribution in [2.24, 2.45) is 13.0 Å². The lowest BCUT2D eigenvalue weighted by Gasteiger charge is -2.28. The average Bonchev–Trinajstić information content (AvgIpc) is 2.69. The molecule has 2 N–H and O–H groups in total. The number of aliphatic hydroxyl groups excluding tert-OH is 1. The van der Waals surface area contributed by atoms with Crippen LogP contribution >= 0.6 is 0 Å². The molecule has 1 aromatic heterocycles. The third kappa shape index (κ3) is 2.38. The zero-order valence-electron chi connectivity index (χ0n) is 11.1. The Labute approximate surface area is 112 Å². The maximum Gasteiger partial charge on any atom is 0.125 e. The summed E-state index contributed by atoms with van der Waals surface area (Å²) in [6.45, 7) is 1.73. The molecule has 0 radical (unpaired) electrons. The number of hydrogen-bond donors (Lipinski definition) is 2. The molecule has 0 aliphatic carbocycles. The molecule has 1 saturated heterocycles. The molecule has 3 nitrogen and oxygen atoms in total. The van der Waals surface area contributed by atoms with Gasteiger partial charge in [-0.05, 0) is 43.1 Å². The van der Waals surface area contributed by atoms with Gasteiger partial charge >= 0.3 is 0 Å². The van der Waals surface area contributed by atoms with E-state index in [1.807, 2.05) is 23.9 Å². The van der Waals surface area contributed by atoms with Crippen molar-refractivity contribution in [1.29, 1.82) is 0 Å². The van der Waals surface area contributed by atoms with E-state index in [1.54, 1.807) is 6.07 Å². The van der Waals surface area contributed by atoms with E-state index in [-0.39, 0.29) is 17.8 Å². The average molecular weight is 262 g/mol. The Hall–Kier alpha value is -1.39. The molecule has 2 atom stereocenters. The van der Waals surface area contributed by atoms with E-state index in [0.717, 1.165) is 36.8 Å². The molecule has 0 amide bonds. The lowest BCUT2D eigenvalue weighted by atomic mass is 9.89. The van der Waals surface area contributed by atoms with Gasteiger partial charge in [-0.15, -0.1) is 0 Å². The fourth-order valence-electron chi connectivity index (χ4n) is 3.00. The van der Waals surface area contributed by atoms with Gasteiger partial charge in [-0.25, -0.2) is 4.39 Å². The Morgan fingerprint density at radius 3 is 3.11 bits per heavy atom. The molecule has 1 fully saturated rings. The van der Waals surface area contributed by atoms with Crippen molar-refractivity contribution < 1.29 is 9.50 Å². The Kier molecular flexibility index (Phi) is 3.29. The number of aliphatic hydroxyl groups is 1. The molecule has 2 heterocycles. The predicted octanol–water partition coefficient (Wildman–Crippen LogP) is 1.83. The quantitative estimate of drug-likeness (QED) is 0.866. The zero-order valence-corrected chi connectivity index (χ0v) is 11.1. The summed E-state index contributed by atoms with van der Waals surface area (Å²) < 4.78 is 15.2. The Balaban J connectivity index is 1.92. The lowest BCUT2D eigenvalue weighted by Crippen LogP contribution is -2.40. The number of rotatable bonds is 2. The highest BCUT2D eigenvalue weighted by Crippen LogP contribution is 2.26. The monoisotopic (exact) mass is 262 g/mol. The molecular weight excluding hydrogens is 243 g/mol. The van der Waals surface area contributed by atoms with Crippen LogP contribution in [0, 0.1) is 11.7 Å². The van der Waals surface area contributed by atoms with Gasteiger partial charge in [0.25, 0.3) is 0 Å². The first-order chi connectivity index (χ1) is 9.15. The SMILES string of the molecule is Cn1cc(CC2CNCCC2O)c2ccc(F)cc21. The van der Waals surface area contributed by atoms with Crippen LogP contribution in [-0.2, 0) is 13.5 Å². The van der Waals surface area contributed by atoms with Crippen molar-refractivity contribution in [3.8, 4) is 0 Å². The van der Waals surface area contributed by atoms with E-state index in [9.17, 15) is 9.50 Å². The van der Waals surface area contributed by atoms with E-state index in [1.165, 1.54) is 11.6 Å². The van der Waals surface area contributed by atoms with Crippen molar-refractivity contribution in [2.45, 2.75) is 18.9 Å². The Morgan fingerprint density at radius 1 is 1.47 bits per heavy atom. The second-order valence-corrected chi connectivity index (χ2v) is 5.45. The van der Waals surface area contributed by atoms with Crippen molar-refractivity contribution in [3.05, 3.63) is 35.8 Å². The number of nitrogens with one attached hydrogen (secondary N) is 1. The van der Waals surface area contributed by atoms with E-state index in [0.29, 0.717) is 0 Å². The van der Waals surface area contributed by atoms with Crippen molar-refractivity contribution in [1.82, 2.24) is 9.88 Å². The van der Waals surface area contributed by atoms with Gasteiger partial charge in [0.2, 0.25) is 0 Å². The van der Waals surface area contributed by atoms with E-state index < -0.39 is 0 Å². The standard InChI is InChI=1S/C15H19FN2O/c1-18-9-11(6-10-8-17-5-4-15(10)19)13-3-2-12(16)7-14(13)18/h2-3,7,9-10,15,17,19H,4-6,8H2,1H3. The minimum absolute atomic E-state index is 0.209. The summed E-state index contributed by atoms with van der Waals surface area (Å²) in [5, 5.41) is 14.5. The molecule has 19 heavy (non-hydrogen) atoms. The van der Waals surface area contributed by atoms with Crippen LogP contribution in [0.25, 0.3) is 10.9 Å². The second kappa shape index (κ2) is 4.94. The van der Waals surface area contributed by atoms with E-state index in [2.05, 4.69) is 5.32 Å². The fraction of sp³-hybridized carbons (Fsp3) is 0.467. The first-order valence-electron chi connectivity index (χ1n) is 6.77. The maximum atomic E-state index is 13.3. The van der Waals surface area contributed by atoms with Crippen LogP contribution in [0.15, 0.2) is 24.4 Å². The topological polar surface area (TPSA) is 37.2 Å². The summed E-state index contributed by atoms with van der Waals surface area (Å²) in [7, 11) is 1.93. The first-order valence-corrected chi connectivity index (χ1v) is 6.77. The molecule has 4 heteroatoms. The maximum absolute atomic E-state index is 13.3. The van der Waals surface area contributed by atoms with Gasteiger partial charge in [0.1, 0.15) is 5.82 Å². The Bertz CT molecular complexity index is 593. The summed E-state index contributed by atoms with van der Waals surface area (Å²) in [4.78, 5) is 0. The van der Waals surface area contributed by atoms with Crippen LogP contribution in [0.3, 0.4) is 0 Å². The van der Waals surface area contributed by atoms with Crippen LogP contribution in [0.5, 0.6) is 0 Å². The minimum Gasteiger partial charge on any atom is -0.393 e. The molecule has 102 valence electrons. The highest BCUT2D eigenvalue weighted by molar-refractivity contribution is 5.84. The summed E-state index contributed by atoms with van der Waals surface area (Å²) in [6.07, 6.45) is 3.45. The summed E-state index contributed by atoms with van der Waals surface area (Å²) in [6, 6.07) is 4.90.